The van der Waals surface area contributed by atoms with Crippen molar-refractivity contribution in [3.63, 3.8) is 0 Å². The van der Waals surface area contributed by atoms with Crippen molar-refractivity contribution in [2.75, 3.05) is 0 Å². The van der Waals surface area contributed by atoms with Gasteiger partial charge in [0.15, 0.2) is 10.9 Å². The maximum Gasteiger partial charge on any atom is 0.263 e. The van der Waals surface area contributed by atoms with E-state index in [1.165, 1.54) is 23.1 Å². The Labute approximate surface area is 205 Å². The molecule has 0 spiro atoms. The molecule has 3 heterocycles. The summed E-state index contributed by atoms with van der Waals surface area (Å²) in [7, 11) is 0. The second-order valence-corrected chi connectivity index (χ2v) is 10.4. The van der Waals surface area contributed by atoms with Gasteiger partial charge in [0.05, 0.1) is 5.39 Å². The van der Waals surface area contributed by atoms with Crippen molar-refractivity contribution in [3.05, 3.63) is 105 Å². The number of Topliss-reactive ketones (excluding diaryl/α,β-unsaturated/α-hetero) is 1. The number of nitrogens with zero attached hydrogens (tertiary/aromatic N) is 2. The summed E-state index contributed by atoms with van der Waals surface area (Å²) in [6.45, 7) is 8.10. The minimum absolute atomic E-state index is 0.0355. The molecular weight excluding hydrogens is 462 g/mol. The summed E-state index contributed by atoms with van der Waals surface area (Å²) in [5.74, 6) is -0.0355. The third kappa shape index (κ3) is 3.81. The second-order valence-electron chi connectivity index (χ2n) is 8.08. The lowest BCUT2D eigenvalue weighted by molar-refractivity contribution is 0.0991. The fourth-order valence-electron chi connectivity index (χ4n) is 4.11. The number of para-hydroxylation sites is 1. The number of aromatic amines is 1. The Morgan fingerprint density at radius 1 is 1.18 bits per heavy atom. The summed E-state index contributed by atoms with van der Waals surface area (Å²) < 4.78 is 1.62. The fourth-order valence-corrected chi connectivity index (χ4v) is 6.36. The van der Waals surface area contributed by atoms with Crippen LogP contribution in [0.1, 0.15) is 31.6 Å². The van der Waals surface area contributed by atoms with Crippen LogP contribution >= 0.6 is 23.1 Å². The predicted octanol–water partition coefficient (Wildman–Crippen LogP) is 6.46. The van der Waals surface area contributed by atoms with Crippen molar-refractivity contribution in [1.29, 1.82) is 0 Å². The lowest BCUT2D eigenvalue weighted by Gasteiger charge is -2.18. The Morgan fingerprint density at radius 3 is 2.68 bits per heavy atom. The first-order chi connectivity index (χ1) is 16.5. The highest BCUT2D eigenvalue weighted by atomic mass is 32.2. The number of allylic oxidation sites excluding steroid dienone is 1. The monoisotopic (exact) mass is 485 g/mol. The van der Waals surface area contributed by atoms with Gasteiger partial charge in [0, 0.05) is 34.1 Å². The number of hydrogen-bond donors (Lipinski definition) is 1. The Hall–Kier alpha value is -3.42. The lowest BCUT2D eigenvalue weighted by Crippen LogP contribution is -2.23. The second kappa shape index (κ2) is 9.08. The van der Waals surface area contributed by atoms with Crippen molar-refractivity contribution < 1.29 is 4.79 Å². The third-order valence-corrected chi connectivity index (χ3v) is 8.33. The molecule has 2 aromatic carbocycles. The van der Waals surface area contributed by atoms with E-state index >= 15 is 0 Å². The Kier molecular flexibility index (Phi) is 5.98. The number of fused-ring (bicyclic) bond motifs is 2. The summed E-state index contributed by atoms with van der Waals surface area (Å²) in [6, 6.07) is 17.4. The van der Waals surface area contributed by atoms with Gasteiger partial charge in [-0.1, -0.05) is 66.4 Å². The zero-order valence-corrected chi connectivity index (χ0v) is 20.5. The van der Waals surface area contributed by atoms with Gasteiger partial charge in [-0.2, -0.15) is 0 Å². The van der Waals surface area contributed by atoms with Crippen LogP contribution in [0.15, 0.2) is 83.4 Å². The highest BCUT2D eigenvalue weighted by Crippen LogP contribution is 2.39. The van der Waals surface area contributed by atoms with Crippen molar-refractivity contribution in [2.24, 2.45) is 0 Å². The minimum Gasteiger partial charge on any atom is -0.360 e. The molecule has 0 aliphatic heterocycles. The Morgan fingerprint density at radius 2 is 1.91 bits per heavy atom. The van der Waals surface area contributed by atoms with Gasteiger partial charge in [0.1, 0.15) is 10.1 Å². The quantitative estimate of drug-likeness (QED) is 0.124. The zero-order chi connectivity index (χ0) is 23.8. The van der Waals surface area contributed by atoms with Gasteiger partial charge < -0.3 is 4.98 Å². The molecule has 5 aromatic rings. The molecule has 1 unspecified atom stereocenters. The first-order valence-corrected chi connectivity index (χ1v) is 12.6. The lowest BCUT2D eigenvalue weighted by atomic mass is 10.0. The average Bonchev–Trinajstić information content (AvgIpc) is 3.40. The molecule has 0 saturated carbocycles. The zero-order valence-electron chi connectivity index (χ0n) is 18.9. The number of carbonyl (C=O) groups excluding carboxylic acids is 1. The molecule has 0 bridgehead atoms. The summed E-state index contributed by atoms with van der Waals surface area (Å²) in [6.07, 6.45) is 3.45. The van der Waals surface area contributed by atoms with E-state index < -0.39 is 5.25 Å². The number of thiophene rings is 1. The average molecular weight is 486 g/mol. The van der Waals surface area contributed by atoms with Crippen LogP contribution < -0.4 is 5.56 Å². The van der Waals surface area contributed by atoms with Crippen LogP contribution in [0, 0.1) is 13.8 Å². The number of rotatable bonds is 7. The van der Waals surface area contributed by atoms with E-state index in [9.17, 15) is 9.59 Å². The molecule has 170 valence electrons. The largest absolute Gasteiger partial charge is 0.360 e. The van der Waals surface area contributed by atoms with Gasteiger partial charge in [-0.05, 0) is 31.0 Å². The summed E-state index contributed by atoms with van der Waals surface area (Å²) in [5, 5.41) is 1.47. The molecule has 5 rings (SSSR count). The van der Waals surface area contributed by atoms with E-state index in [2.05, 4.69) is 11.6 Å². The first-order valence-electron chi connectivity index (χ1n) is 10.9. The predicted molar refractivity (Wildman–Crippen MR) is 141 cm³/mol. The maximum absolute atomic E-state index is 13.9. The molecule has 0 fully saturated rings. The maximum atomic E-state index is 13.9. The molecule has 0 aliphatic carbocycles. The van der Waals surface area contributed by atoms with Crippen LogP contribution in [0.25, 0.3) is 21.1 Å². The SMILES string of the molecule is C=CCn1c(SC(C(=O)c2c[nH]c3ccccc23)c2ccccc2)nc2sc(C)c(C)c2c1=O. The highest BCUT2D eigenvalue weighted by molar-refractivity contribution is 8.00. The van der Waals surface area contributed by atoms with Crippen molar-refractivity contribution in [2.45, 2.75) is 30.8 Å². The van der Waals surface area contributed by atoms with Gasteiger partial charge >= 0.3 is 0 Å². The molecule has 3 aromatic heterocycles. The van der Waals surface area contributed by atoms with E-state index in [-0.39, 0.29) is 11.3 Å². The van der Waals surface area contributed by atoms with E-state index in [4.69, 9.17) is 4.98 Å². The van der Waals surface area contributed by atoms with Gasteiger partial charge in [-0.15, -0.1) is 17.9 Å². The normalized spacial score (nSPS) is 12.3. The number of benzene rings is 2. The molecule has 0 amide bonds. The standard InChI is InChI=1S/C27H23N3O2S2/c1-4-14-30-26(32)22-16(2)17(3)33-25(22)29-27(30)34-24(18-10-6-5-7-11-18)23(31)20-15-28-21-13-9-8-12-19(20)21/h4-13,15,24,28H,1,14H2,2-3H3. The molecule has 7 heteroatoms. The Balaban J connectivity index is 1.67. The summed E-state index contributed by atoms with van der Waals surface area (Å²) in [4.78, 5) is 37.2. The van der Waals surface area contributed by atoms with Gasteiger partial charge in [0.25, 0.3) is 5.56 Å². The summed E-state index contributed by atoms with van der Waals surface area (Å²) in [5.41, 5.74) is 3.26. The van der Waals surface area contributed by atoms with Crippen molar-refractivity contribution in [3.8, 4) is 0 Å². The highest BCUT2D eigenvalue weighted by Gasteiger charge is 2.28. The first kappa shape index (κ1) is 22.4. The Bertz CT molecular complexity index is 1600. The van der Waals surface area contributed by atoms with E-state index in [1.54, 1.807) is 16.8 Å². The molecule has 1 N–H and O–H groups in total. The third-order valence-electron chi connectivity index (χ3n) is 5.98. The number of carbonyl (C=O) groups is 1. The number of aryl methyl sites for hydroxylation is 2. The fraction of sp³-hybridized carbons (Fsp3) is 0.148. The van der Waals surface area contributed by atoms with Gasteiger partial charge in [0.2, 0.25) is 0 Å². The summed E-state index contributed by atoms with van der Waals surface area (Å²) >= 11 is 2.83. The topological polar surface area (TPSA) is 67.8 Å². The van der Waals surface area contributed by atoms with Crippen molar-refractivity contribution in [1.82, 2.24) is 14.5 Å². The van der Waals surface area contributed by atoms with Crippen LogP contribution in [-0.4, -0.2) is 20.3 Å². The van der Waals surface area contributed by atoms with Crippen LogP contribution in [0.5, 0.6) is 0 Å². The van der Waals surface area contributed by atoms with E-state index in [1.807, 2.05) is 68.4 Å². The van der Waals surface area contributed by atoms with Crippen LogP contribution in [-0.2, 0) is 6.54 Å². The minimum atomic E-state index is -0.567. The van der Waals surface area contributed by atoms with Crippen LogP contribution in [0.2, 0.25) is 0 Å². The van der Waals surface area contributed by atoms with Gasteiger partial charge in [-0.25, -0.2) is 4.98 Å². The van der Waals surface area contributed by atoms with Gasteiger partial charge in [-0.3, -0.25) is 14.2 Å². The number of hydrogen-bond acceptors (Lipinski definition) is 5. The molecule has 0 radical (unpaired) electrons. The van der Waals surface area contributed by atoms with E-state index in [0.717, 1.165) is 26.9 Å². The van der Waals surface area contributed by atoms with Crippen molar-refractivity contribution >= 4 is 50.0 Å². The number of aromatic nitrogens is 3. The number of H-pyrrole nitrogens is 1. The molecule has 5 nitrogen and oxygen atoms in total. The smallest absolute Gasteiger partial charge is 0.263 e. The molecule has 1 atom stereocenters. The molecule has 34 heavy (non-hydrogen) atoms. The van der Waals surface area contributed by atoms with Crippen LogP contribution in [0.4, 0.5) is 0 Å². The number of ketones is 1. The number of thioether (sulfide) groups is 1. The molecular formula is C27H23N3O2S2. The molecule has 0 aliphatic rings. The molecule has 0 saturated heterocycles. The van der Waals surface area contributed by atoms with Crippen LogP contribution in [0.3, 0.4) is 0 Å². The van der Waals surface area contributed by atoms with E-state index in [0.29, 0.717) is 27.5 Å². The number of nitrogens with one attached hydrogen (secondary N) is 1.